The number of thiophene rings is 1. The molecule has 2 N–H and O–H groups in total. The molecule has 2 amide bonds. The fraction of sp³-hybridized carbons (Fsp3) is 0.571. The molecule has 118 valence electrons. The van der Waals surface area contributed by atoms with Crippen LogP contribution in [0.25, 0.3) is 0 Å². The summed E-state index contributed by atoms with van der Waals surface area (Å²) in [6.45, 7) is 2.61. The standard InChI is InChI=1S/C14H22N2O4S/c1-4-5-6-7-8-20-10-9-21-12(11(10)13(17)18)15-14(19)16(2)3/h9H,4-8H2,1-3H3,(H,15,19)(H,17,18). The first kappa shape index (κ1) is 17.3. The highest BCUT2D eigenvalue weighted by atomic mass is 32.1. The zero-order valence-corrected chi connectivity index (χ0v) is 13.5. The minimum atomic E-state index is -1.10. The maximum absolute atomic E-state index is 11.6. The average molecular weight is 314 g/mol. The fourth-order valence-corrected chi connectivity index (χ4v) is 2.53. The Bertz CT molecular complexity index is 485. The van der Waals surface area contributed by atoms with Gasteiger partial charge in [-0.05, 0) is 6.42 Å². The van der Waals surface area contributed by atoms with E-state index in [1.165, 1.54) is 4.90 Å². The molecule has 21 heavy (non-hydrogen) atoms. The minimum absolute atomic E-state index is 0.0192. The van der Waals surface area contributed by atoms with Gasteiger partial charge >= 0.3 is 12.0 Å². The lowest BCUT2D eigenvalue weighted by molar-refractivity contribution is 0.0694. The highest BCUT2D eigenvalue weighted by Crippen LogP contribution is 2.34. The molecule has 0 radical (unpaired) electrons. The van der Waals surface area contributed by atoms with E-state index in [0.29, 0.717) is 17.4 Å². The molecule has 1 rings (SSSR count). The smallest absolute Gasteiger partial charge is 0.342 e. The Labute approximate surface area is 128 Å². The van der Waals surface area contributed by atoms with Crippen molar-refractivity contribution in [3.63, 3.8) is 0 Å². The molecule has 1 heterocycles. The molecule has 0 aliphatic heterocycles. The van der Waals surface area contributed by atoms with Gasteiger partial charge in [0.2, 0.25) is 0 Å². The lowest BCUT2D eigenvalue weighted by Gasteiger charge is -2.11. The molecule has 0 fully saturated rings. The van der Waals surface area contributed by atoms with E-state index in [4.69, 9.17) is 4.74 Å². The van der Waals surface area contributed by atoms with Crippen molar-refractivity contribution in [1.29, 1.82) is 0 Å². The van der Waals surface area contributed by atoms with Crippen molar-refractivity contribution in [1.82, 2.24) is 4.90 Å². The Morgan fingerprint density at radius 2 is 2.05 bits per heavy atom. The quantitative estimate of drug-likeness (QED) is 0.720. The van der Waals surface area contributed by atoms with Crippen molar-refractivity contribution >= 4 is 28.3 Å². The van der Waals surface area contributed by atoms with Crippen LogP contribution >= 0.6 is 11.3 Å². The first-order valence-corrected chi connectivity index (χ1v) is 7.81. The van der Waals surface area contributed by atoms with Crippen LogP contribution in [0.1, 0.15) is 43.0 Å². The first-order chi connectivity index (χ1) is 9.97. The summed E-state index contributed by atoms with van der Waals surface area (Å²) in [6, 6.07) is -0.367. The normalized spacial score (nSPS) is 10.2. The van der Waals surface area contributed by atoms with E-state index < -0.39 is 5.97 Å². The highest BCUT2D eigenvalue weighted by molar-refractivity contribution is 7.15. The van der Waals surface area contributed by atoms with E-state index in [1.54, 1.807) is 19.5 Å². The Hall–Kier alpha value is -1.76. The predicted molar refractivity (Wildman–Crippen MR) is 83.6 cm³/mol. The number of carboxylic acid groups (broad SMARTS) is 1. The number of carboxylic acids is 1. The molecule has 1 aromatic heterocycles. The molecule has 0 aliphatic carbocycles. The number of nitrogens with zero attached hydrogens (tertiary/aromatic N) is 1. The maximum Gasteiger partial charge on any atom is 0.342 e. The molecule has 1 aromatic rings. The van der Waals surface area contributed by atoms with Crippen molar-refractivity contribution in [3.8, 4) is 5.75 Å². The number of hydrogen-bond acceptors (Lipinski definition) is 4. The number of rotatable bonds is 8. The number of ether oxygens (including phenoxy) is 1. The zero-order chi connectivity index (χ0) is 15.8. The zero-order valence-electron chi connectivity index (χ0n) is 12.6. The van der Waals surface area contributed by atoms with Gasteiger partial charge in [-0.1, -0.05) is 26.2 Å². The number of amides is 2. The summed E-state index contributed by atoms with van der Waals surface area (Å²) in [5.41, 5.74) is 0.0192. The lowest BCUT2D eigenvalue weighted by atomic mass is 10.2. The summed E-state index contributed by atoms with van der Waals surface area (Å²) in [7, 11) is 3.18. The molecule has 0 aromatic carbocycles. The molecule has 0 spiro atoms. The SMILES string of the molecule is CCCCCCOc1csc(NC(=O)N(C)C)c1C(=O)O. The Kier molecular flexibility index (Phi) is 7.01. The molecule has 0 saturated heterocycles. The third-order valence-corrected chi connectivity index (χ3v) is 3.73. The summed E-state index contributed by atoms with van der Waals surface area (Å²) in [5, 5.41) is 13.8. The summed E-state index contributed by atoms with van der Waals surface area (Å²) in [6.07, 6.45) is 4.23. The third-order valence-electron chi connectivity index (χ3n) is 2.85. The topological polar surface area (TPSA) is 78.9 Å². The number of carbonyl (C=O) groups is 2. The van der Waals surface area contributed by atoms with Crippen molar-refractivity contribution in [2.75, 3.05) is 26.0 Å². The van der Waals surface area contributed by atoms with Crippen LogP contribution in [0.2, 0.25) is 0 Å². The van der Waals surface area contributed by atoms with E-state index in [-0.39, 0.29) is 11.6 Å². The Morgan fingerprint density at radius 3 is 2.62 bits per heavy atom. The number of hydrogen-bond donors (Lipinski definition) is 2. The molecule has 6 nitrogen and oxygen atoms in total. The molecule has 0 unspecified atom stereocenters. The van der Waals surface area contributed by atoms with Gasteiger partial charge in [-0.25, -0.2) is 9.59 Å². The first-order valence-electron chi connectivity index (χ1n) is 6.93. The maximum atomic E-state index is 11.6. The van der Waals surface area contributed by atoms with E-state index >= 15 is 0 Å². The third kappa shape index (κ3) is 5.26. The van der Waals surface area contributed by atoms with Gasteiger partial charge in [0.25, 0.3) is 0 Å². The van der Waals surface area contributed by atoms with E-state index in [2.05, 4.69) is 12.2 Å². The number of carbonyl (C=O) groups excluding carboxylic acids is 1. The van der Waals surface area contributed by atoms with Crippen LogP contribution in [0.15, 0.2) is 5.38 Å². The largest absolute Gasteiger partial charge is 0.492 e. The van der Waals surface area contributed by atoms with Crippen LogP contribution < -0.4 is 10.1 Å². The van der Waals surface area contributed by atoms with E-state index in [9.17, 15) is 14.7 Å². The van der Waals surface area contributed by atoms with Gasteiger partial charge in [0.15, 0.2) is 0 Å². The number of unbranched alkanes of at least 4 members (excludes halogenated alkanes) is 3. The van der Waals surface area contributed by atoms with Gasteiger partial charge in [-0.3, -0.25) is 5.32 Å². The molecule has 0 bridgehead atoms. The molecule has 0 aliphatic rings. The van der Waals surface area contributed by atoms with E-state index in [1.807, 2.05) is 0 Å². The van der Waals surface area contributed by atoms with Crippen LogP contribution in [-0.2, 0) is 0 Å². The molecular weight excluding hydrogens is 292 g/mol. The molecule has 7 heteroatoms. The van der Waals surface area contributed by atoms with E-state index in [0.717, 1.165) is 37.0 Å². The van der Waals surface area contributed by atoms with Crippen molar-refractivity contribution < 1.29 is 19.4 Å². The summed E-state index contributed by atoms with van der Waals surface area (Å²) >= 11 is 1.15. The van der Waals surface area contributed by atoms with Gasteiger partial charge in [0.05, 0.1) is 6.61 Å². The number of anilines is 1. The van der Waals surface area contributed by atoms with Crippen LogP contribution in [-0.4, -0.2) is 42.7 Å². The summed E-state index contributed by atoms with van der Waals surface area (Å²) in [5.74, 6) is -0.785. The van der Waals surface area contributed by atoms with Crippen LogP contribution in [0, 0.1) is 0 Å². The number of nitrogens with one attached hydrogen (secondary N) is 1. The van der Waals surface area contributed by atoms with Crippen molar-refractivity contribution in [2.45, 2.75) is 32.6 Å². The predicted octanol–water partition coefficient (Wildman–Crippen LogP) is 3.50. The second-order valence-corrected chi connectivity index (χ2v) is 5.72. The highest BCUT2D eigenvalue weighted by Gasteiger charge is 2.21. The monoisotopic (exact) mass is 314 g/mol. The van der Waals surface area contributed by atoms with Gasteiger partial charge < -0.3 is 14.7 Å². The van der Waals surface area contributed by atoms with Crippen molar-refractivity contribution in [2.24, 2.45) is 0 Å². The summed E-state index contributed by atoms with van der Waals surface area (Å²) in [4.78, 5) is 24.3. The number of urea groups is 1. The van der Waals surface area contributed by atoms with Crippen molar-refractivity contribution in [3.05, 3.63) is 10.9 Å². The minimum Gasteiger partial charge on any atom is -0.492 e. The second kappa shape index (κ2) is 8.51. The van der Waals surface area contributed by atoms with Gasteiger partial charge in [0.1, 0.15) is 16.3 Å². The molecular formula is C14H22N2O4S. The van der Waals surface area contributed by atoms with Gasteiger partial charge in [0, 0.05) is 19.5 Å². The summed E-state index contributed by atoms with van der Waals surface area (Å²) < 4.78 is 5.53. The Morgan fingerprint density at radius 1 is 1.33 bits per heavy atom. The lowest BCUT2D eigenvalue weighted by Crippen LogP contribution is -2.27. The second-order valence-electron chi connectivity index (χ2n) is 4.84. The molecule has 0 atom stereocenters. The molecule has 0 saturated carbocycles. The van der Waals surface area contributed by atoms with Crippen LogP contribution in [0.3, 0.4) is 0 Å². The average Bonchev–Trinajstić information content (AvgIpc) is 2.81. The van der Waals surface area contributed by atoms with Crippen LogP contribution in [0.5, 0.6) is 5.75 Å². The van der Waals surface area contributed by atoms with Gasteiger partial charge in [-0.2, -0.15) is 0 Å². The Balaban J connectivity index is 2.70. The fourth-order valence-electron chi connectivity index (χ4n) is 1.66. The number of aromatic carboxylic acids is 1. The van der Waals surface area contributed by atoms with Crippen LogP contribution in [0.4, 0.5) is 9.80 Å². The van der Waals surface area contributed by atoms with Gasteiger partial charge in [-0.15, -0.1) is 11.3 Å².